The number of benzene rings is 2. The lowest BCUT2D eigenvalue weighted by molar-refractivity contribution is -0.122. The molecular formula is C20H19ClN4O4S. The molecular weight excluding hydrogens is 428 g/mol. The molecule has 2 aromatic carbocycles. The highest BCUT2D eigenvalue weighted by Crippen LogP contribution is 2.22. The molecule has 0 aliphatic rings. The number of amides is 1. The maximum atomic E-state index is 12.4. The first-order valence-electron chi connectivity index (χ1n) is 8.88. The van der Waals surface area contributed by atoms with E-state index in [9.17, 15) is 13.2 Å². The number of nitrogens with zero attached hydrogens (tertiary/aromatic N) is 2. The minimum atomic E-state index is -3.85. The zero-order valence-electron chi connectivity index (χ0n) is 16.2. The van der Waals surface area contributed by atoms with Crippen molar-refractivity contribution in [2.45, 2.75) is 24.8 Å². The van der Waals surface area contributed by atoms with Gasteiger partial charge in [-0.25, -0.2) is 23.1 Å². The second kappa shape index (κ2) is 9.10. The number of sulfonamides is 1. The lowest BCUT2D eigenvalue weighted by Gasteiger charge is -2.15. The third-order valence-corrected chi connectivity index (χ3v) is 5.80. The summed E-state index contributed by atoms with van der Waals surface area (Å²) in [5, 5.41) is 3.30. The normalized spacial score (nSPS) is 12.1. The predicted molar refractivity (Wildman–Crippen MR) is 114 cm³/mol. The number of aromatic nitrogens is 2. The minimum Gasteiger partial charge on any atom is -0.481 e. The van der Waals surface area contributed by atoms with Crippen LogP contribution in [0.1, 0.15) is 12.5 Å². The van der Waals surface area contributed by atoms with Gasteiger partial charge in [0.1, 0.15) is 5.75 Å². The topological polar surface area (TPSA) is 110 Å². The van der Waals surface area contributed by atoms with Crippen LogP contribution in [-0.2, 0) is 14.8 Å². The number of halogens is 1. The van der Waals surface area contributed by atoms with Crippen LogP contribution < -0.4 is 14.8 Å². The molecule has 0 unspecified atom stereocenters. The Balaban J connectivity index is 1.63. The van der Waals surface area contributed by atoms with Gasteiger partial charge in [0.2, 0.25) is 5.95 Å². The maximum Gasteiger partial charge on any atom is 0.265 e. The fraction of sp³-hybridized carbons (Fsp3) is 0.150. The van der Waals surface area contributed by atoms with Crippen molar-refractivity contribution < 1.29 is 17.9 Å². The monoisotopic (exact) mass is 446 g/mol. The molecule has 3 aromatic rings. The van der Waals surface area contributed by atoms with E-state index in [1.165, 1.54) is 36.7 Å². The zero-order valence-corrected chi connectivity index (χ0v) is 17.7. The van der Waals surface area contributed by atoms with Gasteiger partial charge in [0, 0.05) is 23.1 Å². The van der Waals surface area contributed by atoms with Gasteiger partial charge in [0.15, 0.2) is 6.10 Å². The van der Waals surface area contributed by atoms with Crippen molar-refractivity contribution in [2.75, 3.05) is 10.0 Å². The number of carbonyl (C=O) groups is 1. The number of ether oxygens (including phenoxy) is 1. The van der Waals surface area contributed by atoms with Gasteiger partial charge in [-0.1, -0.05) is 11.6 Å². The van der Waals surface area contributed by atoms with Crippen molar-refractivity contribution in [2.24, 2.45) is 0 Å². The summed E-state index contributed by atoms with van der Waals surface area (Å²) in [6.07, 6.45) is 2.08. The zero-order chi connectivity index (χ0) is 21.7. The largest absolute Gasteiger partial charge is 0.481 e. The quantitative estimate of drug-likeness (QED) is 0.573. The Morgan fingerprint density at radius 3 is 2.40 bits per heavy atom. The number of aryl methyl sites for hydroxylation is 1. The minimum absolute atomic E-state index is 0.00823. The summed E-state index contributed by atoms with van der Waals surface area (Å²) in [6, 6.07) is 12.4. The van der Waals surface area contributed by atoms with Crippen molar-refractivity contribution in [3.63, 3.8) is 0 Å². The molecule has 0 aliphatic heterocycles. The molecule has 156 valence electrons. The van der Waals surface area contributed by atoms with Crippen molar-refractivity contribution in [3.05, 3.63) is 71.5 Å². The van der Waals surface area contributed by atoms with Gasteiger partial charge in [0.25, 0.3) is 15.9 Å². The summed E-state index contributed by atoms with van der Waals surface area (Å²) in [4.78, 5) is 20.1. The molecule has 1 atom stereocenters. The molecule has 0 aliphatic carbocycles. The van der Waals surface area contributed by atoms with E-state index in [0.29, 0.717) is 16.5 Å². The van der Waals surface area contributed by atoms with E-state index in [-0.39, 0.29) is 16.8 Å². The first-order valence-corrected chi connectivity index (χ1v) is 10.7. The highest BCUT2D eigenvalue weighted by atomic mass is 35.5. The maximum absolute atomic E-state index is 12.4. The van der Waals surface area contributed by atoms with E-state index < -0.39 is 16.1 Å². The molecule has 0 bridgehead atoms. The summed E-state index contributed by atoms with van der Waals surface area (Å²) < 4.78 is 32.7. The molecule has 1 aromatic heterocycles. The Hall–Kier alpha value is -3.17. The van der Waals surface area contributed by atoms with Crippen molar-refractivity contribution in [3.8, 4) is 5.75 Å². The van der Waals surface area contributed by atoms with Gasteiger partial charge >= 0.3 is 0 Å². The lowest BCUT2D eigenvalue weighted by atomic mass is 10.2. The third kappa shape index (κ3) is 5.46. The molecule has 3 rings (SSSR count). The first-order chi connectivity index (χ1) is 14.2. The predicted octanol–water partition coefficient (Wildman–Crippen LogP) is 3.65. The lowest BCUT2D eigenvalue weighted by Crippen LogP contribution is -2.30. The molecule has 8 nitrogen and oxygen atoms in total. The van der Waals surface area contributed by atoms with E-state index in [2.05, 4.69) is 20.0 Å². The van der Waals surface area contributed by atoms with Crippen LogP contribution in [0, 0.1) is 6.92 Å². The summed E-state index contributed by atoms with van der Waals surface area (Å²) in [6.45, 7) is 3.45. The summed E-state index contributed by atoms with van der Waals surface area (Å²) >= 11 is 5.99. The standard InChI is InChI=1S/C20H19ClN4O4S/c1-13-12-16(6-9-18(13)21)29-14(2)19(26)24-15-4-7-17(8-5-15)30(27,28)25-20-22-10-3-11-23-20/h3-12,14H,1-2H3,(H,24,26)(H,22,23,25)/t14-/m0/s1. The van der Waals surface area contributed by atoms with E-state index in [1.54, 1.807) is 31.2 Å². The number of hydrogen-bond acceptors (Lipinski definition) is 6. The van der Waals surface area contributed by atoms with Crippen molar-refractivity contribution in [1.82, 2.24) is 9.97 Å². The summed E-state index contributed by atoms with van der Waals surface area (Å²) in [5.41, 5.74) is 1.27. The van der Waals surface area contributed by atoms with E-state index in [4.69, 9.17) is 16.3 Å². The van der Waals surface area contributed by atoms with Gasteiger partial charge in [-0.3, -0.25) is 4.79 Å². The molecule has 30 heavy (non-hydrogen) atoms. The summed E-state index contributed by atoms with van der Waals surface area (Å²) in [5.74, 6) is 0.113. The Kier molecular flexibility index (Phi) is 6.53. The molecule has 0 fully saturated rings. The average molecular weight is 447 g/mol. The van der Waals surface area contributed by atoms with E-state index in [0.717, 1.165) is 5.56 Å². The Morgan fingerprint density at radius 2 is 1.77 bits per heavy atom. The molecule has 0 spiro atoms. The third-order valence-electron chi connectivity index (χ3n) is 4.04. The van der Waals surface area contributed by atoms with Gasteiger partial charge in [0.05, 0.1) is 4.90 Å². The Morgan fingerprint density at radius 1 is 1.10 bits per heavy atom. The van der Waals surface area contributed by atoms with E-state index >= 15 is 0 Å². The van der Waals surface area contributed by atoms with Crippen LogP contribution in [-0.4, -0.2) is 30.4 Å². The van der Waals surface area contributed by atoms with Crippen molar-refractivity contribution in [1.29, 1.82) is 0 Å². The fourth-order valence-electron chi connectivity index (χ4n) is 2.44. The van der Waals surface area contributed by atoms with Crippen LogP contribution in [0.3, 0.4) is 0 Å². The number of anilines is 2. The molecule has 0 saturated heterocycles. The number of nitrogens with one attached hydrogen (secondary N) is 2. The van der Waals surface area contributed by atoms with Gasteiger partial charge in [-0.15, -0.1) is 0 Å². The number of carbonyl (C=O) groups excluding carboxylic acids is 1. The fourth-order valence-corrected chi connectivity index (χ4v) is 3.52. The molecule has 10 heteroatoms. The van der Waals surface area contributed by atoms with Crippen LogP contribution >= 0.6 is 11.6 Å². The van der Waals surface area contributed by atoms with Gasteiger partial charge in [-0.05, 0) is 67.9 Å². The molecule has 0 saturated carbocycles. The second-order valence-electron chi connectivity index (χ2n) is 6.36. The van der Waals surface area contributed by atoms with Gasteiger partial charge in [-0.2, -0.15) is 0 Å². The van der Waals surface area contributed by atoms with Crippen LogP contribution in [0.2, 0.25) is 5.02 Å². The second-order valence-corrected chi connectivity index (χ2v) is 8.45. The molecule has 2 N–H and O–H groups in total. The van der Waals surface area contributed by atoms with Gasteiger partial charge < -0.3 is 10.1 Å². The Bertz CT molecular complexity index is 1140. The molecule has 1 heterocycles. The highest BCUT2D eigenvalue weighted by molar-refractivity contribution is 7.92. The van der Waals surface area contributed by atoms with Crippen LogP contribution in [0.25, 0.3) is 0 Å². The highest BCUT2D eigenvalue weighted by Gasteiger charge is 2.18. The molecule has 1 amide bonds. The smallest absolute Gasteiger partial charge is 0.265 e. The van der Waals surface area contributed by atoms with Crippen LogP contribution in [0.4, 0.5) is 11.6 Å². The van der Waals surface area contributed by atoms with Crippen LogP contribution in [0.5, 0.6) is 5.75 Å². The first kappa shape index (κ1) is 21.5. The van der Waals surface area contributed by atoms with E-state index in [1.807, 2.05) is 6.92 Å². The van der Waals surface area contributed by atoms with Crippen molar-refractivity contribution >= 4 is 39.2 Å². The number of hydrogen-bond donors (Lipinski definition) is 2. The number of rotatable bonds is 7. The average Bonchev–Trinajstić information content (AvgIpc) is 2.71. The Labute approximate surface area is 179 Å². The van der Waals surface area contributed by atoms with Crippen LogP contribution in [0.15, 0.2) is 65.8 Å². The summed E-state index contributed by atoms with van der Waals surface area (Å²) in [7, 11) is -3.85. The molecule has 0 radical (unpaired) electrons. The SMILES string of the molecule is Cc1cc(O[C@@H](C)C(=O)Nc2ccc(S(=O)(=O)Nc3ncccn3)cc2)ccc1Cl.